The first-order chi connectivity index (χ1) is 14.7. The maximum absolute atomic E-state index is 12.8. The second kappa shape index (κ2) is 9.30. The van der Waals surface area contributed by atoms with Gasteiger partial charge in [-0.25, -0.2) is 9.97 Å². The van der Waals surface area contributed by atoms with Crippen LogP contribution in [-0.2, 0) is 26.3 Å². The predicted molar refractivity (Wildman–Crippen MR) is 115 cm³/mol. The molecule has 3 N–H and O–H groups in total. The topological polar surface area (TPSA) is 121 Å². The van der Waals surface area contributed by atoms with Gasteiger partial charge in [0.2, 0.25) is 17.7 Å². The van der Waals surface area contributed by atoms with Gasteiger partial charge in [-0.2, -0.15) is 0 Å². The first-order valence-corrected chi connectivity index (χ1v) is 10.4. The molecule has 0 saturated carbocycles. The highest BCUT2D eigenvalue weighted by Gasteiger charge is 2.37. The van der Waals surface area contributed by atoms with E-state index in [2.05, 4.69) is 20.6 Å². The Kier molecular flexibility index (Phi) is 6.93. The molecule has 0 radical (unpaired) electrons. The van der Waals surface area contributed by atoms with E-state index in [-0.39, 0.29) is 34.7 Å². The molecule has 1 fully saturated rings. The molecule has 3 amide bonds. The number of aromatic nitrogens is 2. The van der Waals surface area contributed by atoms with Gasteiger partial charge < -0.3 is 10.4 Å². The van der Waals surface area contributed by atoms with Crippen LogP contribution >= 0.6 is 23.2 Å². The van der Waals surface area contributed by atoms with Gasteiger partial charge in [0.05, 0.1) is 12.5 Å². The molecule has 2 heterocycles. The summed E-state index contributed by atoms with van der Waals surface area (Å²) in [6.07, 6.45) is 3.70. The van der Waals surface area contributed by atoms with Gasteiger partial charge in [-0.05, 0) is 43.5 Å². The Morgan fingerprint density at radius 1 is 1.26 bits per heavy atom. The Morgan fingerprint density at radius 3 is 2.42 bits per heavy atom. The van der Waals surface area contributed by atoms with Gasteiger partial charge in [0, 0.05) is 41.0 Å². The molecule has 8 nitrogen and oxygen atoms in total. The van der Waals surface area contributed by atoms with Crippen LogP contribution in [0, 0.1) is 6.92 Å². The van der Waals surface area contributed by atoms with Crippen molar-refractivity contribution in [1.82, 2.24) is 20.6 Å². The fraction of sp³-hybridized carbons (Fsp3) is 0.381. The number of piperidine rings is 1. The van der Waals surface area contributed by atoms with Crippen LogP contribution in [0.25, 0.3) is 0 Å². The smallest absolute Gasteiger partial charge is 0.236 e. The lowest BCUT2D eigenvalue weighted by Gasteiger charge is -2.25. The minimum atomic E-state index is -1.33. The number of aliphatic hydroxyl groups excluding tert-OH is 1. The third-order valence-electron chi connectivity index (χ3n) is 5.27. The van der Waals surface area contributed by atoms with Gasteiger partial charge >= 0.3 is 0 Å². The fourth-order valence-corrected chi connectivity index (χ4v) is 4.14. The normalized spacial score (nSPS) is 18.3. The minimum absolute atomic E-state index is 0.0926. The molecule has 2 atom stereocenters. The number of imide groups is 1. The molecule has 1 aromatic heterocycles. The molecule has 0 spiro atoms. The summed E-state index contributed by atoms with van der Waals surface area (Å²) >= 11 is 12.8. The number of nitrogens with zero attached hydrogens (tertiary/aromatic N) is 2. The fourth-order valence-electron chi connectivity index (χ4n) is 3.34. The summed E-state index contributed by atoms with van der Waals surface area (Å²) in [5.74, 6) is -1.62. The van der Waals surface area contributed by atoms with Crippen molar-refractivity contribution in [2.75, 3.05) is 6.61 Å². The van der Waals surface area contributed by atoms with Crippen molar-refractivity contribution in [3.8, 4) is 0 Å². The number of carbonyl (C=O) groups is 3. The number of aliphatic hydroxyl groups is 1. The van der Waals surface area contributed by atoms with Crippen LogP contribution in [0.1, 0.15) is 48.2 Å². The predicted octanol–water partition coefficient (Wildman–Crippen LogP) is 2.18. The zero-order chi connectivity index (χ0) is 22.8. The van der Waals surface area contributed by atoms with E-state index >= 15 is 0 Å². The summed E-state index contributed by atoms with van der Waals surface area (Å²) in [5, 5.41) is 15.4. The number of aryl methyl sites for hydroxylation is 1. The second-order valence-corrected chi connectivity index (χ2v) is 8.55. The zero-order valence-electron chi connectivity index (χ0n) is 17.0. The van der Waals surface area contributed by atoms with E-state index in [0.717, 1.165) is 5.56 Å². The highest BCUT2D eigenvalue weighted by molar-refractivity contribution is 6.36. The standard InChI is InChI=1S/C21H22Cl2N4O4/c1-11-7-24-19(25-8-11)21(2,10-28)20(31)26-9-12-5-14(22)17(15(23)6-12)13-3-4-16(29)27-18(13)30/h5-8,13,28H,3-4,9-10H2,1-2H3,(H,26,31)(H,27,29,30). The number of rotatable bonds is 6. The maximum atomic E-state index is 12.8. The Labute approximate surface area is 189 Å². The van der Waals surface area contributed by atoms with Crippen molar-refractivity contribution in [3.63, 3.8) is 0 Å². The zero-order valence-corrected chi connectivity index (χ0v) is 18.5. The second-order valence-electron chi connectivity index (χ2n) is 7.73. The Bertz CT molecular complexity index is 1010. The number of carbonyl (C=O) groups excluding carboxylic acids is 3. The molecule has 1 aliphatic rings. The number of halogens is 2. The third kappa shape index (κ3) is 4.87. The van der Waals surface area contributed by atoms with Crippen molar-refractivity contribution >= 4 is 40.9 Å². The van der Waals surface area contributed by atoms with Crippen LogP contribution in [0.2, 0.25) is 10.0 Å². The van der Waals surface area contributed by atoms with Gasteiger partial charge in [-0.1, -0.05) is 23.2 Å². The molecule has 10 heteroatoms. The molecule has 1 aliphatic heterocycles. The number of amides is 3. The summed E-state index contributed by atoms with van der Waals surface area (Å²) < 4.78 is 0. The highest BCUT2D eigenvalue weighted by Crippen LogP contribution is 2.37. The van der Waals surface area contributed by atoms with Crippen molar-refractivity contribution in [2.24, 2.45) is 0 Å². The summed E-state index contributed by atoms with van der Waals surface area (Å²) in [6, 6.07) is 3.23. The first kappa shape index (κ1) is 23.1. The van der Waals surface area contributed by atoms with Gasteiger partial charge in [-0.3, -0.25) is 19.7 Å². The molecular formula is C21H22Cl2N4O4. The SMILES string of the molecule is Cc1cnc(C(C)(CO)C(=O)NCc2cc(Cl)c(C3CCC(=O)NC3=O)c(Cl)c2)nc1. The number of nitrogens with one attached hydrogen (secondary N) is 2. The molecule has 0 bridgehead atoms. The van der Waals surface area contributed by atoms with Gasteiger partial charge in [0.1, 0.15) is 11.2 Å². The van der Waals surface area contributed by atoms with Crippen molar-refractivity contribution in [3.05, 3.63) is 57.1 Å². The van der Waals surface area contributed by atoms with Crippen molar-refractivity contribution in [2.45, 2.75) is 44.6 Å². The molecule has 2 aromatic rings. The molecule has 1 aromatic carbocycles. The first-order valence-electron chi connectivity index (χ1n) is 9.65. The van der Waals surface area contributed by atoms with E-state index in [1.165, 1.54) is 0 Å². The summed E-state index contributed by atoms with van der Waals surface area (Å²) in [4.78, 5) is 44.7. The highest BCUT2D eigenvalue weighted by atomic mass is 35.5. The van der Waals surface area contributed by atoms with E-state index < -0.39 is 29.8 Å². The maximum Gasteiger partial charge on any atom is 0.236 e. The van der Waals surface area contributed by atoms with Crippen molar-refractivity contribution < 1.29 is 19.5 Å². The number of benzene rings is 1. The lowest BCUT2D eigenvalue weighted by atomic mass is 9.88. The summed E-state index contributed by atoms with van der Waals surface area (Å²) in [5.41, 5.74) is 0.583. The van der Waals surface area contributed by atoms with Crippen LogP contribution in [-0.4, -0.2) is 39.4 Å². The Morgan fingerprint density at radius 2 is 1.87 bits per heavy atom. The van der Waals surface area contributed by atoms with Crippen LogP contribution in [0.3, 0.4) is 0 Å². The molecule has 31 heavy (non-hydrogen) atoms. The van der Waals surface area contributed by atoms with Crippen LogP contribution in [0.4, 0.5) is 0 Å². The average molecular weight is 465 g/mol. The summed E-state index contributed by atoms with van der Waals surface area (Å²) in [6.45, 7) is 3.00. The molecule has 1 saturated heterocycles. The van der Waals surface area contributed by atoms with E-state index in [0.29, 0.717) is 17.5 Å². The quantitative estimate of drug-likeness (QED) is 0.563. The lowest BCUT2D eigenvalue weighted by Crippen LogP contribution is -2.45. The van der Waals surface area contributed by atoms with E-state index in [4.69, 9.17) is 23.2 Å². The lowest BCUT2D eigenvalue weighted by molar-refractivity contribution is -0.134. The molecular weight excluding hydrogens is 443 g/mol. The molecule has 2 unspecified atom stereocenters. The minimum Gasteiger partial charge on any atom is -0.395 e. The Balaban J connectivity index is 1.76. The van der Waals surface area contributed by atoms with Crippen LogP contribution < -0.4 is 10.6 Å². The van der Waals surface area contributed by atoms with E-state index in [1.807, 2.05) is 6.92 Å². The van der Waals surface area contributed by atoms with E-state index in [1.54, 1.807) is 31.5 Å². The monoisotopic (exact) mass is 464 g/mol. The van der Waals surface area contributed by atoms with Gasteiger partial charge in [-0.15, -0.1) is 0 Å². The largest absolute Gasteiger partial charge is 0.395 e. The van der Waals surface area contributed by atoms with Crippen LogP contribution in [0.5, 0.6) is 0 Å². The van der Waals surface area contributed by atoms with Crippen molar-refractivity contribution in [1.29, 1.82) is 0 Å². The average Bonchev–Trinajstić information content (AvgIpc) is 2.73. The number of hydrogen-bond acceptors (Lipinski definition) is 6. The van der Waals surface area contributed by atoms with E-state index in [9.17, 15) is 19.5 Å². The molecule has 3 rings (SSSR count). The van der Waals surface area contributed by atoms with Gasteiger partial charge in [0.15, 0.2) is 0 Å². The molecule has 0 aliphatic carbocycles. The van der Waals surface area contributed by atoms with Crippen LogP contribution in [0.15, 0.2) is 24.5 Å². The summed E-state index contributed by atoms with van der Waals surface area (Å²) in [7, 11) is 0. The number of hydrogen-bond donors (Lipinski definition) is 3. The van der Waals surface area contributed by atoms with Gasteiger partial charge in [0.25, 0.3) is 0 Å². The third-order valence-corrected chi connectivity index (χ3v) is 5.90. The Hall–Kier alpha value is -2.55. The molecule has 164 valence electrons.